The van der Waals surface area contributed by atoms with Crippen LogP contribution in [0.2, 0.25) is 0 Å². The molecular formula is C18H20FN3O2. The first-order chi connectivity index (χ1) is 11.6. The number of aliphatic hydroxyl groups is 1. The lowest BCUT2D eigenvalue weighted by atomic mass is 10.1. The second-order valence-electron chi connectivity index (χ2n) is 5.94. The lowest BCUT2D eigenvalue weighted by Crippen LogP contribution is -2.37. The molecule has 1 aliphatic rings. The second-order valence-corrected chi connectivity index (χ2v) is 5.94. The minimum atomic E-state index is -0.822. The van der Waals surface area contributed by atoms with Gasteiger partial charge in [-0.25, -0.2) is 9.37 Å². The molecule has 1 aromatic carbocycles. The Kier molecular flexibility index (Phi) is 5.05. The van der Waals surface area contributed by atoms with Gasteiger partial charge in [0.2, 0.25) is 5.91 Å². The Morgan fingerprint density at radius 2 is 2.12 bits per heavy atom. The van der Waals surface area contributed by atoms with Gasteiger partial charge in [0, 0.05) is 25.3 Å². The number of nitrogens with one attached hydrogen (secondary N) is 1. The van der Waals surface area contributed by atoms with E-state index in [2.05, 4.69) is 10.3 Å². The van der Waals surface area contributed by atoms with Gasteiger partial charge in [0.25, 0.3) is 0 Å². The van der Waals surface area contributed by atoms with Crippen molar-refractivity contribution < 1.29 is 14.3 Å². The van der Waals surface area contributed by atoms with Crippen LogP contribution in [-0.2, 0) is 4.79 Å². The summed E-state index contributed by atoms with van der Waals surface area (Å²) in [5.74, 6) is -0.248. The van der Waals surface area contributed by atoms with Gasteiger partial charge in [-0.1, -0.05) is 30.3 Å². The Morgan fingerprint density at radius 3 is 2.88 bits per heavy atom. The van der Waals surface area contributed by atoms with Gasteiger partial charge in [-0.15, -0.1) is 0 Å². The molecule has 6 heteroatoms. The van der Waals surface area contributed by atoms with Crippen LogP contribution in [0.5, 0.6) is 0 Å². The van der Waals surface area contributed by atoms with Crippen LogP contribution in [-0.4, -0.2) is 35.1 Å². The van der Waals surface area contributed by atoms with Gasteiger partial charge in [0.15, 0.2) is 11.6 Å². The molecule has 1 aromatic heterocycles. The highest BCUT2D eigenvalue weighted by Crippen LogP contribution is 2.21. The van der Waals surface area contributed by atoms with Crippen molar-refractivity contribution in [3.8, 4) is 0 Å². The Labute approximate surface area is 140 Å². The monoisotopic (exact) mass is 329 g/mol. The van der Waals surface area contributed by atoms with Crippen LogP contribution in [0.3, 0.4) is 0 Å². The summed E-state index contributed by atoms with van der Waals surface area (Å²) in [6.07, 6.45) is 1.47. The molecule has 24 heavy (non-hydrogen) atoms. The summed E-state index contributed by atoms with van der Waals surface area (Å²) < 4.78 is 13.8. The SMILES string of the molecule is O=C(CC(O)c1ccccc1)NC1CCN(c2ncccc2F)C1. The van der Waals surface area contributed by atoms with E-state index in [0.717, 1.165) is 12.0 Å². The molecule has 2 unspecified atom stereocenters. The van der Waals surface area contributed by atoms with Gasteiger partial charge in [-0.3, -0.25) is 4.79 Å². The number of aliphatic hydroxyl groups excluding tert-OH is 1. The summed E-state index contributed by atoms with van der Waals surface area (Å²) in [4.78, 5) is 18.0. The Morgan fingerprint density at radius 1 is 1.33 bits per heavy atom. The van der Waals surface area contributed by atoms with Crippen LogP contribution in [0.25, 0.3) is 0 Å². The topological polar surface area (TPSA) is 65.5 Å². The predicted molar refractivity (Wildman–Crippen MR) is 89.0 cm³/mol. The number of nitrogens with zero attached hydrogens (tertiary/aromatic N) is 2. The normalized spacial score (nSPS) is 18.4. The Bertz CT molecular complexity index is 696. The van der Waals surface area contributed by atoms with Crippen LogP contribution in [0.1, 0.15) is 24.5 Å². The molecular weight excluding hydrogens is 309 g/mol. The third-order valence-electron chi connectivity index (χ3n) is 4.16. The minimum absolute atomic E-state index is 0.0124. The smallest absolute Gasteiger partial charge is 0.223 e. The van der Waals surface area contributed by atoms with Crippen molar-refractivity contribution >= 4 is 11.7 Å². The fraction of sp³-hybridized carbons (Fsp3) is 0.333. The lowest BCUT2D eigenvalue weighted by molar-refractivity contribution is -0.123. The fourth-order valence-electron chi connectivity index (χ4n) is 2.94. The summed E-state index contributed by atoms with van der Waals surface area (Å²) in [5.41, 5.74) is 0.719. The van der Waals surface area contributed by atoms with E-state index >= 15 is 0 Å². The van der Waals surface area contributed by atoms with Crippen LogP contribution in [0.4, 0.5) is 10.2 Å². The molecule has 1 fully saturated rings. The number of amides is 1. The standard InChI is InChI=1S/C18H20FN3O2/c19-15-7-4-9-20-18(15)22-10-8-14(12-22)21-17(24)11-16(23)13-5-2-1-3-6-13/h1-7,9,14,16,23H,8,10-12H2,(H,21,24). The highest BCUT2D eigenvalue weighted by Gasteiger charge is 2.27. The van der Waals surface area contributed by atoms with E-state index in [-0.39, 0.29) is 24.2 Å². The number of hydrogen-bond acceptors (Lipinski definition) is 4. The summed E-state index contributed by atoms with van der Waals surface area (Å²) >= 11 is 0. The number of aromatic nitrogens is 1. The highest BCUT2D eigenvalue weighted by atomic mass is 19.1. The number of benzene rings is 1. The molecule has 1 amide bonds. The quantitative estimate of drug-likeness (QED) is 0.881. The first-order valence-corrected chi connectivity index (χ1v) is 8.01. The molecule has 2 aromatic rings. The molecule has 5 nitrogen and oxygen atoms in total. The number of carbonyl (C=O) groups is 1. The second kappa shape index (κ2) is 7.40. The molecule has 126 valence electrons. The first kappa shape index (κ1) is 16.4. The Balaban J connectivity index is 1.52. The average molecular weight is 329 g/mol. The maximum absolute atomic E-state index is 13.8. The summed E-state index contributed by atoms with van der Waals surface area (Å²) in [5, 5.41) is 13.0. The average Bonchev–Trinajstić information content (AvgIpc) is 3.04. The van der Waals surface area contributed by atoms with E-state index in [9.17, 15) is 14.3 Å². The number of pyridine rings is 1. The molecule has 0 radical (unpaired) electrons. The molecule has 0 bridgehead atoms. The molecule has 0 aliphatic carbocycles. The predicted octanol–water partition coefficient (Wildman–Crippen LogP) is 2.04. The van der Waals surface area contributed by atoms with Crippen molar-refractivity contribution in [1.82, 2.24) is 10.3 Å². The van der Waals surface area contributed by atoms with Crippen molar-refractivity contribution in [3.05, 3.63) is 60.0 Å². The van der Waals surface area contributed by atoms with Gasteiger partial charge in [0.05, 0.1) is 12.5 Å². The van der Waals surface area contributed by atoms with Crippen LogP contribution >= 0.6 is 0 Å². The van der Waals surface area contributed by atoms with E-state index in [4.69, 9.17) is 0 Å². The molecule has 2 heterocycles. The van der Waals surface area contributed by atoms with Crippen molar-refractivity contribution in [2.45, 2.75) is 25.0 Å². The maximum atomic E-state index is 13.8. The molecule has 1 aliphatic heterocycles. The van der Waals surface area contributed by atoms with Crippen molar-refractivity contribution in [2.24, 2.45) is 0 Å². The Hall–Kier alpha value is -2.47. The molecule has 0 spiro atoms. The lowest BCUT2D eigenvalue weighted by Gasteiger charge is -2.19. The number of halogens is 1. The first-order valence-electron chi connectivity index (χ1n) is 8.01. The largest absolute Gasteiger partial charge is 0.388 e. The maximum Gasteiger partial charge on any atom is 0.223 e. The van der Waals surface area contributed by atoms with E-state index < -0.39 is 6.10 Å². The molecule has 1 saturated heterocycles. The van der Waals surface area contributed by atoms with Crippen molar-refractivity contribution in [1.29, 1.82) is 0 Å². The van der Waals surface area contributed by atoms with Crippen LogP contribution < -0.4 is 10.2 Å². The number of anilines is 1. The van der Waals surface area contributed by atoms with Crippen LogP contribution in [0.15, 0.2) is 48.7 Å². The van der Waals surface area contributed by atoms with Crippen LogP contribution in [0, 0.1) is 5.82 Å². The summed E-state index contributed by atoms with van der Waals surface area (Å²) in [7, 11) is 0. The number of hydrogen-bond donors (Lipinski definition) is 2. The van der Waals surface area contributed by atoms with Crippen molar-refractivity contribution in [3.63, 3.8) is 0 Å². The van der Waals surface area contributed by atoms with E-state index in [1.54, 1.807) is 24.4 Å². The van der Waals surface area contributed by atoms with Gasteiger partial charge in [0.1, 0.15) is 0 Å². The third kappa shape index (κ3) is 3.89. The third-order valence-corrected chi connectivity index (χ3v) is 4.16. The highest BCUT2D eigenvalue weighted by molar-refractivity contribution is 5.77. The van der Waals surface area contributed by atoms with E-state index in [1.807, 2.05) is 23.1 Å². The number of carbonyl (C=O) groups excluding carboxylic acids is 1. The zero-order valence-electron chi connectivity index (χ0n) is 13.2. The minimum Gasteiger partial charge on any atom is -0.388 e. The van der Waals surface area contributed by atoms with E-state index in [0.29, 0.717) is 18.9 Å². The number of rotatable bonds is 5. The van der Waals surface area contributed by atoms with Gasteiger partial charge >= 0.3 is 0 Å². The zero-order chi connectivity index (χ0) is 16.9. The summed E-state index contributed by atoms with van der Waals surface area (Å²) in [6.45, 7) is 1.15. The van der Waals surface area contributed by atoms with Crippen molar-refractivity contribution in [2.75, 3.05) is 18.0 Å². The molecule has 2 atom stereocenters. The van der Waals surface area contributed by atoms with Gasteiger partial charge in [-0.05, 0) is 24.1 Å². The fourth-order valence-corrected chi connectivity index (χ4v) is 2.94. The zero-order valence-corrected chi connectivity index (χ0v) is 13.2. The van der Waals surface area contributed by atoms with E-state index in [1.165, 1.54) is 6.07 Å². The van der Waals surface area contributed by atoms with Gasteiger partial charge in [-0.2, -0.15) is 0 Å². The summed E-state index contributed by atoms with van der Waals surface area (Å²) in [6, 6.07) is 12.0. The molecule has 0 saturated carbocycles. The van der Waals surface area contributed by atoms with Gasteiger partial charge < -0.3 is 15.3 Å². The molecule has 2 N–H and O–H groups in total. The molecule has 3 rings (SSSR count).